The average molecular weight is 406 g/mol. The van der Waals surface area contributed by atoms with E-state index in [4.69, 9.17) is 21.7 Å². The Labute approximate surface area is 169 Å². The van der Waals surface area contributed by atoms with Crippen molar-refractivity contribution >= 4 is 35.0 Å². The number of hydrogen-bond acceptors (Lipinski definition) is 5. The predicted octanol–water partition coefficient (Wildman–Crippen LogP) is 2.78. The molecule has 6 nitrogen and oxygen atoms in total. The summed E-state index contributed by atoms with van der Waals surface area (Å²) >= 11 is 6.81. The monoisotopic (exact) mass is 405 g/mol. The van der Waals surface area contributed by atoms with Crippen LogP contribution < -0.4 is 25.6 Å². The van der Waals surface area contributed by atoms with E-state index in [9.17, 15) is 4.79 Å². The number of carbonyl (C=O) groups is 1. The molecule has 0 aromatic heterocycles. The highest BCUT2D eigenvalue weighted by Gasteiger charge is 2.07. The molecule has 0 aliphatic heterocycles. The third-order valence-corrected chi connectivity index (χ3v) is 4.78. The number of nitrogens with one attached hydrogen (secondary N) is 3. The number of carbonyl (C=O) groups excluding carboxylic acids is 1. The molecule has 27 heavy (non-hydrogen) atoms. The van der Waals surface area contributed by atoms with Crippen molar-refractivity contribution in [2.45, 2.75) is 11.3 Å². The van der Waals surface area contributed by atoms with E-state index in [1.807, 2.05) is 36.6 Å². The maximum atomic E-state index is 12.1. The van der Waals surface area contributed by atoms with Crippen LogP contribution in [0.4, 0.5) is 0 Å². The molecule has 2 aromatic carbocycles. The highest BCUT2D eigenvalue weighted by atomic mass is 32.2. The average Bonchev–Trinajstić information content (AvgIpc) is 2.71. The van der Waals surface area contributed by atoms with Crippen LogP contribution in [0, 0.1) is 0 Å². The number of thiocarbonyl (C=S) groups is 1. The Balaban J connectivity index is 1.75. The van der Waals surface area contributed by atoms with Gasteiger partial charge in [-0.25, -0.2) is 0 Å². The number of methoxy groups -OCH3 is 2. The van der Waals surface area contributed by atoms with E-state index in [1.165, 1.54) is 0 Å². The van der Waals surface area contributed by atoms with Crippen molar-refractivity contribution < 1.29 is 14.3 Å². The van der Waals surface area contributed by atoms with Gasteiger partial charge in [-0.1, -0.05) is 6.07 Å². The number of hydrogen-bond donors (Lipinski definition) is 3. The second kappa shape index (κ2) is 10.6. The first kappa shape index (κ1) is 20.9. The van der Waals surface area contributed by atoms with Crippen LogP contribution in [0.5, 0.6) is 11.5 Å². The van der Waals surface area contributed by atoms with Crippen molar-refractivity contribution in [3.63, 3.8) is 0 Å². The molecule has 144 valence electrons. The molecular formula is C19H23N3O3S2. The molecule has 0 unspecified atom stereocenters. The molecule has 2 rings (SSSR count). The van der Waals surface area contributed by atoms with Gasteiger partial charge in [-0.05, 0) is 66.9 Å². The van der Waals surface area contributed by atoms with Gasteiger partial charge in [-0.2, -0.15) is 0 Å². The summed E-state index contributed by atoms with van der Waals surface area (Å²) in [6.07, 6.45) is 2.73. The Morgan fingerprint density at radius 3 is 2.37 bits per heavy atom. The second-order valence-corrected chi connectivity index (χ2v) is 6.79. The quantitative estimate of drug-likeness (QED) is 0.372. The lowest BCUT2D eigenvalue weighted by molar-refractivity contribution is 0.0943. The number of rotatable bonds is 7. The smallest absolute Gasteiger partial charge is 0.269 e. The summed E-state index contributed by atoms with van der Waals surface area (Å²) in [5.41, 5.74) is 6.94. The first-order valence-corrected chi connectivity index (χ1v) is 9.89. The largest absolute Gasteiger partial charge is 0.493 e. The zero-order valence-corrected chi connectivity index (χ0v) is 17.1. The molecule has 0 aliphatic carbocycles. The van der Waals surface area contributed by atoms with Gasteiger partial charge in [0.15, 0.2) is 16.6 Å². The topological polar surface area (TPSA) is 71.6 Å². The van der Waals surface area contributed by atoms with Crippen LogP contribution in [0.1, 0.15) is 15.9 Å². The van der Waals surface area contributed by atoms with E-state index in [0.29, 0.717) is 28.7 Å². The third kappa shape index (κ3) is 6.33. The van der Waals surface area contributed by atoms with E-state index in [0.717, 1.165) is 16.9 Å². The summed E-state index contributed by atoms with van der Waals surface area (Å²) < 4.78 is 10.5. The van der Waals surface area contributed by atoms with Gasteiger partial charge in [0, 0.05) is 17.0 Å². The van der Waals surface area contributed by atoms with Gasteiger partial charge in [-0.15, -0.1) is 11.8 Å². The minimum Gasteiger partial charge on any atom is -0.493 e. The van der Waals surface area contributed by atoms with Crippen LogP contribution in [0.15, 0.2) is 47.4 Å². The van der Waals surface area contributed by atoms with Crippen LogP contribution >= 0.6 is 24.0 Å². The number of hydrazine groups is 1. The van der Waals surface area contributed by atoms with Crippen molar-refractivity contribution in [3.8, 4) is 11.5 Å². The Kier molecular flexibility index (Phi) is 8.22. The number of thioether (sulfide) groups is 1. The molecule has 0 fully saturated rings. The summed E-state index contributed by atoms with van der Waals surface area (Å²) in [7, 11) is 3.21. The van der Waals surface area contributed by atoms with Crippen LogP contribution in [0.2, 0.25) is 0 Å². The maximum absolute atomic E-state index is 12.1. The Morgan fingerprint density at radius 2 is 1.74 bits per heavy atom. The van der Waals surface area contributed by atoms with Crippen molar-refractivity contribution in [2.24, 2.45) is 0 Å². The van der Waals surface area contributed by atoms with E-state index < -0.39 is 0 Å². The minimum atomic E-state index is -0.244. The van der Waals surface area contributed by atoms with Gasteiger partial charge in [0.25, 0.3) is 5.91 Å². The van der Waals surface area contributed by atoms with Gasteiger partial charge >= 0.3 is 0 Å². The molecule has 0 radical (unpaired) electrons. The van der Waals surface area contributed by atoms with Gasteiger partial charge < -0.3 is 14.8 Å². The highest BCUT2D eigenvalue weighted by molar-refractivity contribution is 7.98. The number of amides is 1. The van der Waals surface area contributed by atoms with E-state index in [2.05, 4.69) is 16.2 Å². The number of benzene rings is 2. The molecule has 0 bridgehead atoms. The van der Waals surface area contributed by atoms with Gasteiger partial charge in [0.1, 0.15) is 0 Å². The van der Waals surface area contributed by atoms with Crippen LogP contribution in [0.3, 0.4) is 0 Å². The molecule has 2 aromatic rings. The second-order valence-electron chi connectivity index (χ2n) is 5.50. The number of ether oxygens (including phenoxy) is 2. The van der Waals surface area contributed by atoms with Crippen molar-refractivity contribution in [1.82, 2.24) is 16.2 Å². The molecule has 0 saturated heterocycles. The van der Waals surface area contributed by atoms with Crippen LogP contribution in [-0.4, -0.2) is 38.0 Å². The summed E-state index contributed by atoms with van der Waals surface area (Å²) in [4.78, 5) is 13.2. The Morgan fingerprint density at radius 1 is 1.04 bits per heavy atom. The van der Waals surface area contributed by atoms with Gasteiger partial charge in [-0.3, -0.25) is 15.6 Å². The zero-order valence-electron chi connectivity index (χ0n) is 15.5. The molecule has 0 atom stereocenters. The standard InChI is InChI=1S/C19H23N3O3S2/c1-24-16-9-4-13(12-17(16)25-2)10-11-20-19(26)22-21-18(23)14-5-7-15(27-3)8-6-14/h4-9,12H,10-11H2,1-3H3,(H,21,23)(H2,20,22,26). The fourth-order valence-corrected chi connectivity index (χ4v) is 2.89. The fourth-order valence-electron chi connectivity index (χ4n) is 2.33. The summed E-state index contributed by atoms with van der Waals surface area (Å²) in [5, 5.41) is 3.40. The molecule has 1 amide bonds. The SMILES string of the molecule is COc1ccc(CCNC(=S)NNC(=O)c2ccc(SC)cc2)cc1OC. The van der Waals surface area contributed by atoms with Crippen molar-refractivity contribution in [1.29, 1.82) is 0 Å². The molecule has 8 heteroatoms. The normalized spacial score (nSPS) is 10.0. The molecule has 3 N–H and O–H groups in total. The van der Waals surface area contributed by atoms with Crippen molar-refractivity contribution in [3.05, 3.63) is 53.6 Å². The van der Waals surface area contributed by atoms with E-state index >= 15 is 0 Å². The maximum Gasteiger partial charge on any atom is 0.269 e. The van der Waals surface area contributed by atoms with Crippen LogP contribution in [0.25, 0.3) is 0 Å². The molecular weight excluding hydrogens is 382 g/mol. The van der Waals surface area contributed by atoms with E-state index in [1.54, 1.807) is 38.1 Å². The molecule has 0 spiro atoms. The lowest BCUT2D eigenvalue weighted by atomic mass is 10.1. The summed E-state index contributed by atoms with van der Waals surface area (Å²) in [6, 6.07) is 13.1. The minimum absolute atomic E-state index is 0.244. The lowest BCUT2D eigenvalue weighted by Crippen LogP contribution is -2.47. The summed E-state index contributed by atoms with van der Waals surface area (Å²) in [5.74, 6) is 1.14. The Hall–Kier alpha value is -2.45. The van der Waals surface area contributed by atoms with Crippen LogP contribution in [-0.2, 0) is 6.42 Å². The van der Waals surface area contributed by atoms with Gasteiger partial charge in [0.2, 0.25) is 0 Å². The van der Waals surface area contributed by atoms with Crippen molar-refractivity contribution in [2.75, 3.05) is 27.0 Å². The predicted molar refractivity (Wildman–Crippen MR) is 113 cm³/mol. The highest BCUT2D eigenvalue weighted by Crippen LogP contribution is 2.27. The molecule has 0 heterocycles. The summed E-state index contributed by atoms with van der Waals surface area (Å²) in [6.45, 7) is 0.611. The molecule has 0 aliphatic rings. The fraction of sp³-hybridized carbons (Fsp3) is 0.263. The van der Waals surface area contributed by atoms with E-state index in [-0.39, 0.29) is 5.91 Å². The zero-order chi connectivity index (χ0) is 19.6. The first-order chi connectivity index (χ1) is 13.1. The Bertz CT molecular complexity index is 782. The van der Waals surface area contributed by atoms with Gasteiger partial charge in [0.05, 0.1) is 14.2 Å². The first-order valence-electron chi connectivity index (χ1n) is 8.26. The molecule has 0 saturated carbocycles. The lowest BCUT2D eigenvalue weighted by Gasteiger charge is -2.13. The third-order valence-electron chi connectivity index (χ3n) is 3.79.